The van der Waals surface area contributed by atoms with Gasteiger partial charge in [0.25, 0.3) is 0 Å². The summed E-state index contributed by atoms with van der Waals surface area (Å²) in [6.07, 6.45) is 2.46. The number of hydrogen-bond acceptors (Lipinski definition) is 7. The molecule has 2 aliphatic rings. The van der Waals surface area contributed by atoms with E-state index in [9.17, 15) is 4.39 Å². The molecule has 1 saturated heterocycles. The fraction of sp³-hybridized carbons (Fsp3) is 0.389. The summed E-state index contributed by atoms with van der Waals surface area (Å²) < 4.78 is 18.6. The Labute approximate surface area is 166 Å². The molecule has 0 bridgehead atoms. The number of nitrogens with one attached hydrogen (secondary N) is 1. The zero-order chi connectivity index (χ0) is 18.6. The number of hydrazone groups is 1. The maximum Gasteiger partial charge on any atom is 0.245 e. The molecule has 4 rings (SSSR count). The Morgan fingerprint density at radius 2 is 2.15 bits per heavy atom. The number of benzene rings is 1. The maximum atomic E-state index is 13.1. The van der Waals surface area contributed by atoms with E-state index < -0.39 is 0 Å². The molecule has 1 aromatic heterocycles. The van der Waals surface area contributed by atoms with E-state index in [4.69, 9.17) is 21.3 Å². The molecule has 3 heterocycles. The van der Waals surface area contributed by atoms with E-state index in [-0.39, 0.29) is 5.82 Å². The number of thioether (sulfide) groups is 1. The second-order valence-corrected chi connectivity index (χ2v) is 7.75. The molecule has 1 fully saturated rings. The number of anilines is 2. The van der Waals surface area contributed by atoms with Gasteiger partial charge in [0, 0.05) is 30.0 Å². The van der Waals surface area contributed by atoms with Gasteiger partial charge in [-0.05, 0) is 30.4 Å². The molecule has 142 valence electrons. The lowest BCUT2D eigenvalue weighted by Gasteiger charge is -2.31. The highest BCUT2D eigenvalue weighted by molar-refractivity contribution is 7.98. The van der Waals surface area contributed by atoms with Crippen molar-refractivity contribution >= 4 is 41.3 Å². The number of morpholine rings is 1. The van der Waals surface area contributed by atoms with Crippen LogP contribution in [0, 0.1) is 5.82 Å². The van der Waals surface area contributed by atoms with Gasteiger partial charge in [-0.15, -0.1) is 0 Å². The number of fused-ring (bicyclic) bond motifs is 1. The molecule has 2 aliphatic heterocycles. The predicted molar refractivity (Wildman–Crippen MR) is 108 cm³/mol. The van der Waals surface area contributed by atoms with Crippen molar-refractivity contribution in [3.8, 4) is 0 Å². The minimum absolute atomic E-state index is 0.304. The number of halogens is 2. The summed E-state index contributed by atoms with van der Waals surface area (Å²) in [4.78, 5) is 11.6. The van der Waals surface area contributed by atoms with Crippen molar-refractivity contribution < 1.29 is 9.13 Å². The standard InChI is InChI=1S/C18H19ClFN5OS/c19-15-9-13(20)2-1-12(15)10-21-24-18-22-16-3-8-27-11-14(16)17(23-18)25-4-6-26-7-5-25/h1-2,9-10H,3-8,11H2,(H,22,23,24)/b21-10+. The fourth-order valence-corrected chi connectivity index (χ4v) is 4.27. The summed E-state index contributed by atoms with van der Waals surface area (Å²) in [5, 5.41) is 4.49. The first-order valence-electron chi connectivity index (χ1n) is 8.75. The van der Waals surface area contributed by atoms with Crippen LogP contribution in [-0.4, -0.2) is 48.2 Å². The van der Waals surface area contributed by atoms with Gasteiger partial charge in [0.15, 0.2) is 0 Å². The first kappa shape index (κ1) is 18.5. The number of rotatable bonds is 4. The normalized spacial score (nSPS) is 17.2. The molecule has 0 atom stereocenters. The minimum atomic E-state index is -0.379. The minimum Gasteiger partial charge on any atom is -0.378 e. The molecule has 27 heavy (non-hydrogen) atoms. The summed E-state index contributed by atoms with van der Waals surface area (Å²) in [6, 6.07) is 4.18. The highest BCUT2D eigenvalue weighted by Gasteiger charge is 2.23. The summed E-state index contributed by atoms with van der Waals surface area (Å²) in [5.41, 5.74) is 5.80. The molecule has 0 unspecified atom stereocenters. The van der Waals surface area contributed by atoms with Gasteiger partial charge in [0.2, 0.25) is 5.95 Å². The van der Waals surface area contributed by atoms with Gasteiger partial charge in [0.05, 0.1) is 30.1 Å². The lowest BCUT2D eigenvalue weighted by molar-refractivity contribution is 0.122. The van der Waals surface area contributed by atoms with Crippen LogP contribution in [0.4, 0.5) is 16.2 Å². The Morgan fingerprint density at radius 1 is 1.30 bits per heavy atom. The quantitative estimate of drug-likeness (QED) is 0.619. The molecule has 9 heteroatoms. The average molecular weight is 408 g/mol. The monoisotopic (exact) mass is 407 g/mol. The van der Waals surface area contributed by atoms with Crippen LogP contribution in [0.15, 0.2) is 23.3 Å². The van der Waals surface area contributed by atoms with Crippen LogP contribution < -0.4 is 10.3 Å². The predicted octanol–water partition coefficient (Wildman–Crippen LogP) is 3.34. The van der Waals surface area contributed by atoms with E-state index in [1.165, 1.54) is 23.9 Å². The topological polar surface area (TPSA) is 62.6 Å². The Balaban J connectivity index is 1.57. The number of aromatic nitrogens is 2. The third-order valence-electron chi connectivity index (χ3n) is 4.44. The van der Waals surface area contributed by atoms with Crippen molar-refractivity contribution in [1.29, 1.82) is 0 Å². The molecule has 1 N–H and O–H groups in total. The van der Waals surface area contributed by atoms with Crippen LogP contribution in [0.25, 0.3) is 0 Å². The smallest absolute Gasteiger partial charge is 0.245 e. The highest BCUT2D eigenvalue weighted by atomic mass is 35.5. The Morgan fingerprint density at radius 3 is 2.96 bits per heavy atom. The summed E-state index contributed by atoms with van der Waals surface area (Å²) >= 11 is 7.93. The average Bonchev–Trinajstić information content (AvgIpc) is 2.70. The molecule has 0 amide bonds. The summed E-state index contributed by atoms with van der Waals surface area (Å²) in [7, 11) is 0. The lowest BCUT2D eigenvalue weighted by atomic mass is 10.1. The Kier molecular flexibility index (Phi) is 5.75. The SMILES string of the molecule is Fc1ccc(/C=N/Nc2nc3c(c(N4CCOCC4)n2)CSCC3)c(Cl)c1. The second kappa shape index (κ2) is 8.41. The molecule has 0 aliphatic carbocycles. The highest BCUT2D eigenvalue weighted by Crippen LogP contribution is 2.31. The summed E-state index contributed by atoms with van der Waals surface area (Å²) in [5.74, 6) is 3.03. The molecular formula is C18H19ClFN5OS. The molecule has 0 saturated carbocycles. The molecule has 6 nitrogen and oxygen atoms in total. The van der Waals surface area contributed by atoms with Crippen LogP contribution >= 0.6 is 23.4 Å². The molecule has 2 aromatic rings. The largest absolute Gasteiger partial charge is 0.378 e. The van der Waals surface area contributed by atoms with Gasteiger partial charge in [0.1, 0.15) is 11.6 Å². The van der Waals surface area contributed by atoms with Crippen molar-refractivity contribution in [2.45, 2.75) is 12.2 Å². The van der Waals surface area contributed by atoms with Gasteiger partial charge < -0.3 is 9.64 Å². The number of aryl methyl sites for hydroxylation is 1. The van der Waals surface area contributed by atoms with E-state index in [2.05, 4.69) is 20.4 Å². The van der Waals surface area contributed by atoms with E-state index in [1.54, 1.807) is 6.07 Å². The van der Waals surface area contributed by atoms with Crippen LogP contribution in [0.5, 0.6) is 0 Å². The van der Waals surface area contributed by atoms with Gasteiger partial charge in [-0.25, -0.2) is 14.8 Å². The second-order valence-electron chi connectivity index (χ2n) is 6.23. The number of nitrogens with zero attached hydrogens (tertiary/aromatic N) is 4. The summed E-state index contributed by atoms with van der Waals surface area (Å²) in [6.45, 7) is 3.05. The van der Waals surface area contributed by atoms with Crippen LogP contribution in [0.2, 0.25) is 5.02 Å². The molecule has 0 radical (unpaired) electrons. The first-order chi connectivity index (χ1) is 13.2. The van der Waals surface area contributed by atoms with Crippen molar-refractivity contribution in [3.05, 3.63) is 45.9 Å². The molecule has 0 spiro atoms. The van der Waals surface area contributed by atoms with Crippen molar-refractivity contribution in [1.82, 2.24) is 9.97 Å². The third-order valence-corrected chi connectivity index (χ3v) is 5.75. The third kappa shape index (κ3) is 4.34. The van der Waals surface area contributed by atoms with E-state index in [1.807, 2.05) is 11.8 Å². The maximum absolute atomic E-state index is 13.1. The zero-order valence-corrected chi connectivity index (χ0v) is 16.2. The van der Waals surface area contributed by atoms with Gasteiger partial charge in [-0.1, -0.05) is 11.6 Å². The molecular weight excluding hydrogens is 389 g/mol. The van der Waals surface area contributed by atoms with Crippen molar-refractivity contribution in [2.24, 2.45) is 5.10 Å². The van der Waals surface area contributed by atoms with Gasteiger partial charge in [-0.3, -0.25) is 0 Å². The molecule has 1 aromatic carbocycles. The van der Waals surface area contributed by atoms with Gasteiger partial charge in [-0.2, -0.15) is 21.8 Å². The van der Waals surface area contributed by atoms with Crippen LogP contribution in [0.3, 0.4) is 0 Å². The Hall–Kier alpha value is -1.90. The Bertz CT molecular complexity index is 860. The van der Waals surface area contributed by atoms with Crippen LogP contribution in [-0.2, 0) is 16.9 Å². The van der Waals surface area contributed by atoms with E-state index >= 15 is 0 Å². The van der Waals surface area contributed by atoms with Crippen molar-refractivity contribution in [3.63, 3.8) is 0 Å². The zero-order valence-electron chi connectivity index (χ0n) is 14.6. The van der Waals surface area contributed by atoms with Crippen molar-refractivity contribution in [2.75, 3.05) is 42.4 Å². The van der Waals surface area contributed by atoms with E-state index in [0.29, 0.717) is 29.7 Å². The first-order valence-corrected chi connectivity index (χ1v) is 10.3. The lowest BCUT2D eigenvalue weighted by Crippen LogP contribution is -2.38. The van der Waals surface area contributed by atoms with Crippen LogP contribution in [0.1, 0.15) is 16.8 Å². The van der Waals surface area contributed by atoms with Gasteiger partial charge >= 0.3 is 0 Å². The fourth-order valence-electron chi connectivity index (χ4n) is 3.07. The van der Waals surface area contributed by atoms with E-state index in [0.717, 1.165) is 42.5 Å². The number of ether oxygens (including phenoxy) is 1. The number of hydrogen-bond donors (Lipinski definition) is 1.